The lowest BCUT2D eigenvalue weighted by molar-refractivity contribution is -0.117. The van der Waals surface area contributed by atoms with Crippen LogP contribution in [0.4, 0.5) is 0 Å². The Morgan fingerprint density at radius 1 is 1.00 bits per heavy atom. The number of benzene rings is 2. The quantitative estimate of drug-likeness (QED) is 0.313. The standard InChI is InChI=1S/C23H22N2O2S2/c1-17-9-11-18(12-10-17)22(26)25-21(16-20-8-5-14-28-20)23(27)24-13-15-29-19-6-3-2-4-7-19/h2-12,14,16H,13,15H2,1H3,(H,24,27)(H,25,26)/b21-16-. The van der Waals surface area contributed by atoms with Crippen molar-refractivity contribution < 1.29 is 9.59 Å². The molecule has 0 radical (unpaired) electrons. The van der Waals surface area contributed by atoms with Gasteiger partial charge in [-0.05, 0) is 48.7 Å². The minimum Gasteiger partial charge on any atom is -0.350 e. The first-order chi connectivity index (χ1) is 14.1. The van der Waals surface area contributed by atoms with Gasteiger partial charge in [0.15, 0.2) is 0 Å². The topological polar surface area (TPSA) is 58.2 Å². The Morgan fingerprint density at radius 3 is 2.45 bits per heavy atom. The van der Waals surface area contributed by atoms with Crippen LogP contribution in [-0.4, -0.2) is 24.1 Å². The molecule has 2 amide bonds. The second-order valence-electron chi connectivity index (χ2n) is 6.31. The van der Waals surface area contributed by atoms with E-state index >= 15 is 0 Å². The highest BCUT2D eigenvalue weighted by Crippen LogP contribution is 2.16. The van der Waals surface area contributed by atoms with E-state index in [0.717, 1.165) is 21.1 Å². The molecular formula is C23H22N2O2S2. The number of amides is 2. The number of hydrogen-bond acceptors (Lipinski definition) is 4. The fraction of sp³-hybridized carbons (Fsp3) is 0.130. The Kier molecular flexibility index (Phi) is 7.67. The summed E-state index contributed by atoms with van der Waals surface area (Å²) in [4.78, 5) is 27.3. The molecule has 4 nitrogen and oxygen atoms in total. The normalized spacial score (nSPS) is 11.1. The average molecular weight is 423 g/mol. The predicted octanol–water partition coefficient (Wildman–Crippen LogP) is 4.74. The van der Waals surface area contributed by atoms with Gasteiger partial charge in [0, 0.05) is 27.6 Å². The van der Waals surface area contributed by atoms with Gasteiger partial charge >= 0.3 is 0 Å². The summed E-state index contributed by atoms with van der Waals surface area (Å²) < 4.78 is 0. The lowest BCUT2D eigenvalue weighted by atomic mass is 10.1. The Balaban J connectivity index is 1.62. The van der Waals surface area contributed by atoms with Gasteiger partial charge in [-0.3, -0.25) is 9.59 Å². The van der Waals surface area contributed by atoms with Crippen molar-refractivity contribution in [2.24, 2.45) is 0 Å². The average Bonchev–Trinajstić information content (AvgIpc) is 3.25. The third kappa shape index (κ3) is 6.62. The number of carbonyl (C=O) groups excluding carboxylic acids is 2. The van der Waals surface area contributed by atoms with Crippen LogP contribution >= 0.6 is 23.1 Å². The van der Waals surface area contributed by atoms with Crippen LogP contribution < -0.4 is 10.6 Å². The van der Waals surface area contributed by atoms with E-state index in [2.05, 4.69) is 10.6 Å². The fourth-order valence-electron chi connectivity index (χ4n) is 2.52. The maximum Gasteiger partial charge on any atom is 0.267 e. The van der Waals surface area contributed by atoms with Crippen LogP contribution in [0.5, 0.6) is 0 Å². The van der Waals surface area contributed by atoms with Crippen molar-refractivity contribution in [3.63, 3.8) is 0 Å². The molecule has 0 saturated carbocycles. The maximum atomic E-state index is 12.7. The molecule has 29 heavy (non-hydrogen) atoms. The molecule has 1 aromatic heterocycles. The van der Waals surface area contributed by atoms with Crippen molar-refractivity contribution in [2.75, 3.05) is 12.3 Å². The van der Waals surface area contributed by atoms with Crippen molar-refractivity contribution in [3.8, 4) is 0 Å². The highest BCUT2D eigenvalue weighted by molar-refractivity contribution is 7.99. The molecule has 0 saturated heterocycles. The fourth-order valence-corrected chi connectivity index (χ4v) is 3.97. The van der Waals surface area contributed by atoms with E-state index in [9.17, 15) is 9.59 Å². The summed E-state index contributed by atoms with van der Waals surface area (Å²) in [5.74, 6) is 0.141. The van der Waals surface area contributed by atoms with Crippen molar-refractivity contribution in [1.29, 1.82) is 0 Å². The summed E-state index contributed by atoms with van der Waals surface area (Å²) in [6.45, 7) is 2.46. The van der Waals surface area contributed by atoms with Crippen molar-refractivity contribution in [1.82, 2.24) is 10.6 Å². The summed E-state index contributed by atoms with van der Waals surface area (Å²) in [6, 6.07) is 21.1. The van der Waals surface area contributed by atoms with E-state index in [1.807, 2.05) is 66.9 Å². The number of hydrogen-bond donors (Lipinski definition) is 2. The van der Waals surface area contributed by atoms with Crippen molar-refractivity contribution >= 4 is 41.0 Å². The van der Waals surface area contributed by atoms with E-state index < -0.39 is 0 Å². The molecule has 0 aliphatic heterocycles. The summed E-state index contributed by atoms with van der Waals surface area (Å²) in [5, 5.41) is 7.58. The van der Waals surface area contributed by atoms with Crippen LogP contribution in [0.25, 0.3) is 6.08 Å². The molecule has 0 bridgehead atoms. The van der Waals surface area contributed by atoms with Crippen LogP contribution in [0, 0.1) is 6.92 Å². The third-order valence-electron chi connectivity index (χ3n) is 4.04. The molecule has 0 aliphatic carbocycles. The summed E-state index contributed by atoms with van der Waals surface area (Å²) in [5.41, 5.74) is 1.83. The van der Waals surface area contributed by atoms with E-state index in [1.54, 1.807) is 30.0 Å². The number of thioether (sulfide) groups is 1. The molecular weight excluding hydrogens is 400 g/mol. The number of thiophene rings is 1. The van der Waals surface area contributed by atoms with Gasteiger partial charge in [0.1, 0.15) is 5.70 Å². The molecule has 3 aromatic rings. The van der Waals surface area contributed by atoms with Crippen LogP contribution in [0.2, 0.25) is 0 Å². The molecule has 3 rings (SSSR count). The van der Waals surface area contributed by atoms with Crippen molar-refractivity contribution in [2.45, 2.75) is 11.8 Å². The van der Waals surface area contributed by atoms with Crippen LogP contribution in [0.3, 0.4) is 0 Å². The first-order valence-corrected chi connectivity index (χ1v) is 11.1. The second-order valence-corrected chi connectivity index (χ2v) is 8.46. The largest absolute Gasteiger partial charge is 0.350 e. The molecule has 148 valence electrons. The number of nitrogens with one attached hydrogen (secondary N) is 2. The Bertz CT molecular complexity index is 966. The maximum absolute atomic E-state index is 12.7. The van der Waals surface area contributed by atoms with Crippen LogP contribution in [0.1, 0.15) is 20.8 Å². The van der Waals surface area contributed by atoms with Gasteiger partial charge in [0.25, 0.3) is 11.8 Å². The summed E-state index contributed by atoms with van der Waals surface area (Å²) in [6.07, 6.45) is 1.70. The lowest BCUT2D eigenvalue weighted by Crippen LogP contribution is -2.35. The van der Waals surface area contributed by atoms with Gasteiger partial charge in [-0.2, -0.15) is 0 Å². The highest BCUT2D eigenvalue weighted by atomic mass is 32.2. The number of carbonyl (C=O) groups is 2. The van der Waals surface area contributed by atoms with Gasteiger partial charge < -0.3 is 10.6 Å². The summed E-state index contributed by atoms with van der Waals surface area (Å²) in [7, 11) is 0. The van der Waals surface area contributed by atoms with Gasteiger partial charge in [-0.1, -0.05) is 42.0 Å². The van der Waals surface area contributed by atoms with Crippen LogP contribution in [-0.2, 0) is 4.79 Å². The minimum absolute atomic E-state index is 0.239. The van der Waals surface area contributed by atoms with Gasteiger partial charge in [0.05, 0.1) is 0 Å². The minimum atomic E-state index is -0.304. The molecule has 6 heteroatoms. The second kappa shape index (κ2) is 10.6. The Labute approximate surface area is 179 Å². The molecule has 0 atom stereocenters. The zero-order valence-electron chi connectivity index (χ0n) is 16.1. The van der Waals surface area contributed by atoms with Crippen LogP contribution in [0.15, 0.2) is 82.7 Å². The molecule has 2 N–H and O–H groups in total. The first kappa shape index (κ1) is 20.9. The molecule has 0 spiro atoms. The number of rotatable bonds is 8. The van der Waals surface area contributed by atoms with Gasteiger partial charge in [-0.25, -0.2) is 0 Å². The zero-order chi connectivity index (χ0) is 20.5. The third-order valence-corrected chi connectivity index (χ3v) is 5.87. The SMILES string of the molecule is Cc1ccc(C(=O)N/C(=C\c2cccs2)C(=O)NCCSc2ccccc2)cc1. The van der Waals surface area contributed by atoms with Gasteiger partial charge in [0.2, 0.25) is 0 Å². The van der Waals surface area contributed by atoms with E-state index in [1.165, 1.54) is 11.3 Å². The zero-order valence-corrected chi connectivity index (χ0v) is 17.7. The smallest absolute Gasteiger partial charge is 0.267 e. The van der Waals surface area contributed by atoms with E-state index in [4.69, 9.17) is 0 Å². The lowest BCUT2D eigenvalue weighted by Gasteiger charge is -2.11. The first-order valence-electron chi connectivity index (χ1n) is 9.21. The van der Waals surface area contributed by atoms with Gasteiger partial charge in [-0.15, -0.1) is 23.1 Å². The van der Waals surface area contributed by atoms with Crippen molar-refractivity contribution in [3.05, 3.63) is 93.8 Å². The molecule has 1 heterocycles. The number of aryl methyl sites for hydroxylation is 1. The van der Waals surface area contributed by atoms with E-state index in [0.29, 0.717) is 12.1 Å². The Hall–Kier alpha value is -2.83. The molecule has 0 aliphatic rings. The molecule has 0 unspecified atom stereocenters. The molecule has 0 fully saturated rings. The monoisotopic (exact) mass is 422 g/mol. The summed E-state index contributed by atoms with van der Waals surface area (Å²) >= 11 is 3.18. The molecule has 2 aromatic carbocycles. The van der Waals surface area contributed by atoms with E-state index in [-0.39, 0.29) is 17.5 Å². The Morgan fingerprint density at radius 2 is 1.76 bits per heavy atom. The highest BCUT2D eigenvalue weighted by Gasteiger charge is 2.14. The predicted molar refractivity (Wildman–Crippen MR) is 121 cm³/mol.